The predicted octanol–water partition coefficient (Wildman–Crippen LogP) is 4.44. The molecule has 2 aromatic carbocycles. The third kappa shape index (κ3) is 3.71. The molecule has 0 atom stereocenters. The number of ether oxygens (including phenoxy) is 1. The highest BCUT2D eigenvalue weighted by molar-refractivity contribution is 6.34. The summed E-state index contributed by atoms with van der Waals surface area (Å²) in [4.78, 5) is 24.0. The van der Waals surface area contributed by atoms with E-state index in [4.69, 9.17) is 20.8 Å². The van der Waals surface area contributed by atoms with Gasteiger partial charge in [0.1, 0.15) is 5.58 Å². The first kappa shape index (κ1) is 18.0. The van der Waals surface area contributed by atoms with Crippen molar-refractivity contribution in [3.63, 3.8) is 0 Å². The Morgan fingerprint density at radius 2 is 1.92 bits per heavy atom. The van der Waals surface area contributed by atoms with Crippen LogP contribution in [0.4, 0.5) is 11.4 Å². The van der Waals surface area contributed by atoms with Crippen LogP contribution in [0.15, 0.2) is 46.9 Å². The average Bonchev–Trinajstić information content (AvgIpc) is 2.97. The van der Waals surface area contributed by atoms with Gasteiger partial charge in [-0.3, -0.25) is 9.59 Å². The van der Waals surface area contributed by atoms with Crippen molar-refractivity contribution in [2.24, 2.45) is 0 Å². The predicted molar refractivity (Wildman–Crippen MR) is 101 cm³/mol. The molecule has 0 radical (unpaired) electrons. The zero-order valence-electron chi connectivity index (χ0n) is 14.3. The summed E-state index contributed by atoms with van der Waals surface area (Å²) in [6, 6.07) is 12.2. The Kier molecular flexibility index (Phi) is 5.25. The fourth-order valence-electron chi connectivity index (χ4n) is 2.65. The zero-order chi connectivity index (χ0) is 18.7. The van der Waals surface area contributed by atoms with Crippen LogP contribution in [0.25, 0.3) is 11.0 Å². The number of para-hydroxylation sites is 1. The van der Waals surface area contributed by atoms with Gasteiger partial charge in [-0.05, 0) is 24.3 Å². The summed E-state index contributed by atoms with van der Waals surface area (Å²) in [7, 11) is 1.55. The lowest BCUT2D eigenvalue weighted by atomic mass is 10.1. The number of methoxy groups -OCH3 is 1. The monoisotopic (exact) mass is 372 g/mol. The lowest BCUT2D eigenvalue weighted by molar-refractivity contribution is -0.114. The summed E-state index contributed by atoms with van der Waals surface area (Å²) < 4.78 is 10.9. The second-order valence-corrected chi connectivity index (χ2v) is 6.08. The summed E-state index contributed by atoms with van der Waals surface area (Å²) >= 11 is 6.16. The van der Waals surface area contributed by atoms with E-state index in [1.165, 1.54) is 6.92 Å². The number of carbonyl (C=O) groups is 2. The largest absolute Gasteiger partial charge is 0.451 e. The molecule has 2 amide bonds. The molecule has 0 aliphatic heterocycles. The number of nitrogens with one attached hydrogen (secondary N) is 2. The van der Waals surface area contributed by atoms with Crippen molar-refractivity contribution in [2.45, 2.75) is 13.5 Å². The second kappa shape index (κ2) is 7.59. The standard InChI is InChI=1S/C19H17ClN2O4/c1-11(23)21-12-7-8-15(20)16(9-12)22-19(24)18-14(10-25-2)13-5-3-4-6-17(13)26-18/h3-9H,10H2,1-2H3,(H,21,23)(H,22,24). The number of halogens is 1. The van der Waals surface area contributed by atoms with Crippen LogP contribution in [0.3, 0.4) is 0 Å². The molecule has 0 aliphatic carbocycles. The van der Waals surface area contributed by atoms with E-state index < -0.39 is 5.91 Å². The Morgan fingerprint density at radius 3 is 2.65 bits per heavy atom. The van der Waals surface area contributed by atoms with Crippen LogP contribution in [0.1, 0.15) is 23.0 Å². The molecule has 3 aromatic rings. The van der Waals surface area contributed by atoms with Crippen molar-refractivity contribution in [1.29, 1.82) is 0 Å². The molecule has 134 valence electrons. The first-order chi connectivity index (χ1) is 12.5. The minimum absolute atomic E-state index is 0.161. The van der Waals surface area contributed by atoms with E-state index in [0.29, 0.717) is 27.5 Å². The Balaban J connectivity index is 1.94. The maximum atomic E-state index is 12.8. The first-order valence-corrected chi connectivity index (χ1v) is 8.25. The van der Waals surface area contributed by atoms with Gasteiger partial charge in [-0.2, -0.15) is 0 Å². The molecule has 0 saturated heterocycles. The fourth-order valence-corrected chi connectivity index (χ4v) is 2.82. The number of amides is 2. The molecule has 2 N–H and O–H groups in total. The van der Waals surface area contributed by atoms with Crippen molar-refractivity contribution in [3.8, 4) is 0 Å². The molecule has 0 saturated carbocycles. The van der Waals surface area contributed by atoms with E-state index in [-0.39, 0.29) is 18.3 Å². The van der Waals surface area contributed by atoms with E-state index in [1.54, 1.807) is 31.4 Å². The molecule has 0 spiro atoms. The zero-order valence-corrected chi connectivity index (χ0v) is 15.0. The van der Waals surface area contributed by atoms with E-state index in [0.717, 1.165) is 5.39 Å². The van der Waals surface area contributed by atoms with Crippen LogP contribution >= 0.6 is 11.6 Å². The van der Waals surface area contributed by atoms with E-state index in [1.807, 2.05) is 18.2 Å². The number of rotatable bonds is 5. The van der Waals surface area contributed by atoms with Crippen molar-refractivity contribution in [3.05, 3.63) is 58.8 Å². The van der Waals surface area contributed by atoms with Crippen LogP contribution in [-0.4, -0.2) is 18.9 Å². The normalized spacial score (nSPS) is 10.7. The summed E-state index contributed by atoms with van der Waals surface area (Å²) in [6.45, 7) is 1.64. The van der Waals surface area contributed by atoms with Gasteiger partial charge in [0.2, 0.25) is 5.91 Å². The Hall–Kier alpha value is -2.83. The summed E-state index contributed by atoms with van der Waals surface area (Å²) in [5.74, 6) is -0.506. The number of hydrogen-bond donors (Lipinski definition) is 2. The van der Waals surface area contributed by atoms with E-state index in [9.17, 15) is 9.59 Å². The molecular weight excluding hydrogens is 356 g/mol. The summed E-state index contributed by atoms with van der Waals surface area (Å²) in [5, 5.41) is 6.54. The van der Waals surface area contributed by atoms with Crippen LogP contribution < -0.4 is 10.6 Å². The van der Waals surface area contributed by atoms with Crippen molar-refractivity contribution >= 4 is 45.8 Å². The maximum Gasteiger partial charge on any atom is 0.291 e. The molecule has 1 aromatic heterocycles. The van der Waals surface area contributed by atoms with Gasteiger partial charge in [-0.25, -0.2) is 0 Å². The summed E-state index contributed by atoms with van der Waals surface area (Å²) in [5.41, 5.74) is 2.16. The molecule has 3 rings (SSSR count). The molecule has 7 heteroatoms. The number of anilines is 2. The minimum Gasteiger partial charge on any atom is -0.451 e. The highest BCUT2D eigenvalue weighted by atomic mass is 35.5. The highest BCUT2D eigenvalue weighted by Crippen LogP contribution is 2.30. The smallest absolute Gasteiger partial charge is 0.291 e. The van der Waals surface area contributed by atoms with Crippen LogP contribution in [0, 0.1) is 0 Å². The average molecular weight is 373 g/mol. The fraction of sp³-hybridized carbons (Fsp3) is 0.158. The van der Waals surface area contributed by atoms with Crippen LogP contribution in [0.2, 0.25) is 5.02 Å². The Morgan fingerprint density at radius 1 is 1.15 bits per heavy atom. The van der Waals surface area contributed by atoms with Gasteiger partial charge in [0, 0.05) is 30.7 Å². The number of furan rings is 1. The first-order valence-electron chi connectivity index (χ1n) is 7.87. The lowest BCUT2D eigenvalue weighted by Gasteiger charge is -2.10. The Bertz CT molecular complexity index is 981. The number of fused-ring (bicyclic) bond motifs is 1. The van der Waals surface area contributed by atoms with Gasteiger partial charge >= 0.3 is 0 Å². The van der Waals surface area contributed by atoms with Gasteiger partial charge < -0.3 is 19.8 Å². The van der Waals surface area contributed by atoms with Gasteiger partial charge in [-0.1, -0.05) is 29.8 Å². The molecular formula is C19H17ClN2O4. The molecule has 26 heavy (non-hydrogen) atoms. The molecule has 1 heterocycles. The van der Waals surface area contributed by atoms with Crippen molar-refractivity contribution in [2.75, 3.05) is 17.7 Å². The Labute approximate surface area is 155 Å². The third-order valence-electron chi connectivity index (χ3n) is 3.73. The quantitative estimate of drug-likeness (QED) is 0.693. The molecule has 6 nitrogen and oxygen atoms in total. The minimum atomic E-state index is -0.449. The summed E-state index contributed by atoms with van der Waals surface area (Å²) in [6.07, 6.45) is 0. The molecule has 0 bridgehead atoms. The molecule has 0 unspecified atom stereocenters. The van der Waals surface area contributed by atoms with Crippen LogP contribution in [0.5, 0.6) is 0 Å². The topological polar surface area (TPSA) is 80.6 Å². The molecule has 0 fully saturated rings. The number of hydrogen-bond acceptors (Lipinski definition) is 4. The highest BCUT2D eigenvalue weighted by Gasteiger charge is 2.21. The lowest BCUT2D eigenvalue weighted by Crippen LogP contribution is -2.14. The van der Waals surface area contributed by atoms with E-state index >= 15 is 0 Å². The van der Waals surface area contributed by atoms with Crippen molar-refractivity contribution < 1.29 is 18.7 Å². The SMILES string of the molecule is COCc1c(C(=O)Nc2cc(NC(C)=O)ccc2Cl)oc2ccccc12. The third-order valence-corrected chi connectivity index (χ3v) is 4.06. The van der Waals surface area contributed by atoms with Gasteiger partial charge in [0.15, 0.2) is 5.76 Å². The van der Waals surface area contributed by atoms with Gasteiger partial charge in [-0.15, -0.1) is 0 Å². The maximum absolute atomic E-state index is 12.8. The van der Waals surface area contributed by atoms with E-state index in [2.05, 4.69) is 10.6 Å². The van der Waals surface area contributed by atoms with Crippen molar-refractivity contribution in [1.82, 2.24) is 0 Å². The van der Waals surface area contributed by atoms with Crippen LogP contribution in [-0.2, 0) is 16.1 Å². The van der Waals surface area contributed by atoms with Gasteiger partial charge in [0.05, 0.1) is 17.3 Å². The number of carbonyl (C=O) groups excluding carboxylic acids is 2. The van der Waals surface area contributed by atoms with Gasteiger partial charge in [0.25, 0.3) is 5.91 Å². The number of benzene rings is 2. The second-order valence-electron chi connectivity index (χ2n) is 5.67. The molecule has 0 aliphatic rings.